The molecular weight excluding hydrogens is 308 g/mol. The number of carbonyl (C=O) groups is 3. The van der Waals surface area contributed by atoms with Crippen LogP contribution in [-0.4, -0.2) is 42.4 Å². The Hall–Kier alpha value is -2.57. The Bertz CT molecular complexity index is 603. The summed E-state index contributed by atoms with van der Waals surface area (Å²) in [6.07, 6.45) is 4.48. The second-order valence-corrected chi connectivity index (χ2v) is 5.87. The maximum absolute atomic E-state index is 12.1. The highest BCUT2D eigenvalue weighted by atomic mass is 16.2. The van der Waals surface area contributed by atoms with E-state index in [1.54, 1.807) is 24.3 Å². The molecule has 4 amide bonds. The lowest BCUT2D eigenvalue weighted by molar-refractivity contribution is -0.130. The number of carbonyl (C=O) groups excluding carboxylic acids is 3. The monoisotopic (exact) mass is 332 g/mol. The van der Waals surface area contributed by atoms with Gasteiger partial charge in [-0.15, -0.1) is 0 Å². The Balaban J connectivity index is 1.76. The Morgan fingerprint density at radius 1 is 1.21 bits per heavy atom. The smallest absolute Gasteiger partial charge is 0.316 e. The van der Waals surface area contributed by atoms with E-state index in [0.717, 1.165) is 32.2 Å². The molecule has 0 atom stereocenters. The molecule has 1 aliphatic rings. The zero-order valence-corrected chi connectivity index (χ0v) is 13.7. The Labute approximate surface area is 141 Å². The summed E-state index contributed by atoms with van der Waals surface area (Å²) in [5.41, 5.74) is 5.99. The van der Waals surface area contributed by atoms with Crippen molar-refractivity contribution in [3.8, 4) is 0 Å². The van der Waals surface area contributed by atoms with Crippen molar-refractivity contribution in [1.29, 1.82) is 0 Å². The number of primary amides is 1. The van der Waals surface area contributed by atoms with E-state index in [4.69, 9.17) is 5.73 Å². The van der Waals surface area contributed by atoms with E-state index >= 15 is 0 Å². The summed E-state index contributed by atoms with van der Waals surface area (Å²) in [7, 11) is 0. The minimum Gasteiger partial charge on any atom is -0.352 e. The average Bonchev–Trinajstić information content (AvgIpc) is 2.75. The third kappa shape index (κ3) is 5.57. The SMILES string of the molecule is NC(=O)Nc1cccc(C(=O)NCCCN2CCCCCC2=O)c1. The molecule has 1 saturated heterocycles. The molecule has 0 bridgehead atoms. The van der Waals surface area contributed by atoms with Gasteiger partial charge in [-0.05, 0) is 37.5 Å². The fourth-order valence-electron chi connectivity index (χ4n) is 2.73. The number of nitrogens with two attached hydrogens (primary N) is 1. The molecule has 0 spiro atoms. The maximum atomic E-state index is 12.1. The Kier molecular flexibility index (Phi) is 6.60. The highest BCUT2D eigenvalue weighted by molar-refractivity contribution is 5.96. The van der Waals surface area contributed by atoms with Gasteiger partial charge in [-0.3, -0.25) is 9.59 Å². The molecule has 0 aliphatic carbocycles. The molecule has 1 aromatic rings. The maximum Gasteiger partial charge on any atom is 0.316 e. The van der Waals surface area contributed by atoms with E-state index in [1.807, 2.05) is 4.90 Å². The zero-order valence-electron chi connectivity index (χ0n) is 13.7. The van der Waals surface area contributed by atoms with E-state index in [0.29, 0.717) is 30.8 Å². The lowest BCUT2D eigenvalue weighted by Gasteiger charge is -2.20. The van der Waals surface area contributed by atoms with Crippen molar-refractivity contribution < 1.29 is 14.4 Å². The van der Waals surface area contributed by atoms with Crippen LogP contribution in [0.2, 0.25) is 0 Å². The summed E-state index contributed by atoms with van der Waals surface area (Å²) in [6, 6.07) is 5.90. The molecule has 0 radical (unpaired) electrons. The van der Waals surface area contributed by atoms with Gasteiger partial charge in [0.1, 0.15) is 0 Å². The van der Waals surface area contributed by atoms with Crippen molar-refractivity contribution >= 4 is 23.5 Å². The molecule has 7 nitrogen and oxygen atoms in total. The van der Waals surface area contributed by atoms with E-state index in [1.165, 1.54) is 0 Å². The lowest BCUT2D eigenvalue weighted by atomic mass is 10.2. The summed E-state index contributed by atoms with van der Waals surface area (Å²) in [5, 5.41) is 5.26. The largest absolute Gasteiger partial charge is 0.352 e. The molecule has 2 rings (SSSR count). The number of anilines is 1. The molecule has 1 aromatic carbocycles. The second kappa shape index (κ2) is 8.90. The van der Waals surface area contributed by atoms with Crippen molar-refractivity contribution in [3.05, 3.63) is 29.8 Å². The van der Waals surface area contributed by atoms with Crippen LogP contribution in [0.25, 0.3) is 0 Å². The number of rotatable bonds is 6. The third-order valence-electron chi connectivity index (χ3n) is 3.95. The van der Waals surface area contributed by atoms with Crippen LogP contribution >= 0.6 is 0 Å². The number of hydrogen-bond acceptors (Lipinski definition) is 3. The third-order valence-corrected chi connectivity index (χ3v) is 3.95. The number of nitrogens with one attached hydrogen (secondary N) is 2. The molecule has 130 valence electrons. The van der Waals surface area contributed by atoms with Crippen LogP contribution in [0.4, 0.5) is 10.5 Å². The summed E-state index contributed by atoms with van der Waals surface area (Å²) < 4.78 is 0. The van der Waals surface area contributed by atoms with Crippen molar-refractivity contribution in [2.75, 3.05) is 25.0 Å². The minimum atomic E-state index is -0.672. The van der Waals surface area contributed by atoms with E-state index in [2.05, 4.69) is 10.6 Å². The fourth-order valence-corrected chi connectivity index (χ4v) is 2.73. The number of likely N-dealkylation sites (tertiary alicyclic amines) is 1. The number of benzene rings is 1. The number of urea groups is 1. The van der Waals surface area contributed by atoms with E-state index in [-0.39, 0.29) is 11.8 Å². The number of nitrogens with zero attached hydrogens (tertiary/aromatic N) is 1. The van der Waals surface area contributed by atoms with Crippen LogP contribution in [0, 0.1) is 0 Å². The molecule has 1 aliphatic heterocycles. The predicted octanol–water partition coefficient (Wildman–Crippen LogP) is 1.70. The summed E-state index contributed by atoms with van der Waals surface area (Å²) >= 11 is 0. The quantitative estimate of drug-likeness (QED) is 0.690. The molecule has 4 N–H and O–H groups in total. The number of hydrogen-bond donors (Lipinski definition) is 3. The summed E-state index contributed by atoms with van der Waals surface area (Å²) in [4.78, 5) is 36.7. The van der Waals surface area contributed by atoms with Gasteiger partial charge < -0.3 is 21.3 Å². The number of amides is 4. The molecule has 0 aromatic heterocycles. The standard InChI is InChI=1S/C17H24N4O3/c18-17(24)20-14-7-4-6-13(12-14)16(23)19-9-5-11-21-10-3-1-2-8-15(21)22/h4,6-7,12H,1-3,5,8-11H2,(H,19,23)(H3,18,20,24). The topological polar surface area (TPSA) is 105 Å². The van der Waals surface area contributed by atoms with Crippen molar-refractivity contribution in [3.63, 3.8) is 0 Å². The van der Waals surface area contributed by atoms with Crippen LogP contribution in [0.1, 0.15) is 42.5 Å². The van der Waals surface area contributed by atoms with Crippen molar-refractivity contribution in [2.24, 2.45) is 5.73 Å². The highest BCUT2D eigenvalue weighted by Crippen LogP contribution is 2.12. The van der Waals surface area contributed by atoms with E-state index in [9.17, 15) is 14.4 Å². The Morgan fingerprint density at radius 3 is 2.83 bits per heavy atom. The van der Waals surface area contributed by atoms with Gasteiger partial charge in [0.25, 0.3) is 5.91 Å². The minimum absolute atomic E-state index is 0.212. The second-order valence-electron chi connectivity index (χ2n) is 5.87. The van der Waals surface area contributed by atoms with Crippen LogP contribution in [0.15, 0.2) is 24.3 Å². The first-order valence-corrected chi connectivity index (χ1v) is 8.29. The first-order chi connectivity index (χ1) is 11.6. The molecular formula is C17H24N4O3. The van der Waals surface area contributed by atoms with Crippen LogP contribution in [0.5, 0.6) is 0 Å². The Morgan fingerprint density at radius 2 is 2.04 bits per heavy atom. The van der Waals surface area contributed by atoms with Gasteiger partial charge in [-0.2, -0.15) is 0 Å². The molecule has 0 saturated carbocycles. The molecule has 1 heterocycles. The average molecular weight is 332 g/mol. The van der Waals surface area contributed by atoms with Crippen LogP contribution in [-0.2, 0) is 4.79 Å². The van der Waals surface area contributed by atoms with Crippen molar-refractivity contribution in [1.82, 2.24) is 10.2 Å². The fraction of sp³-hybridized carbons (Fsp3) is 0.471. The van der Waals surface area contributed by atoms with E-state index < -0.39 is 6.03 Å². The molecule has 24 heavy (non-hydrogen) atoms. The van der Waals surface area contributed by atoms with Crippen molar-refractivity contribution in [2.45, 2.75) is 32.1 Å². The lowest BCUT2D eigenvalue weighted by Crippen LogP contribution is -2.34. The summed E-state index contributed by atoms with van der Waals surface area (Å²) in [6.45, 7) is 1.98. The molecule has 7 heteroatoms. The normalized spacial score (nSPS) is 14.8. The van der Waals surface area contributed by atoms with Gasteiger partial charge in [-0.25, -0.2) is 4.79 Å². The van der Waals surface area contributed by atoms with Crippen LogP contribution < -0.4 is 16.4 Å². The first-order valence-electron chi connectivity index (χ1n) is 8.29. The van der Waals surface area contributed by atoms with Gasteiger partial charge in [0.2, 0.25) is 5.91 Å². The summed E-state index contributed by atoms with van der Waals surface area (Å²) in [5.74, 6) is -0.00522. The van der Waals surface area contributed by atoms with Crippen LogP contribution in [0.3, 0.4) is 0 Å². The van der Waals surface area contributed by atoms with Gasteiger partial charge in [0, 0.05) is 37.3 Å². The molecule has 1 fully saturated rings. The predicted molar refractivity (Wildman–Crippen MR) is 91.6 cm³/mol. The van der Waals surface area contributed by atoms with Gasteiger partial charge in [0.05, 0.1) is 0 Å². The zero-order chi connectivity index (χ0) is 17.4. The van der Waals surface area contributed by atoms with Gasteiger partial charge in [-0.1, -0.05) is 12.5 Å². The van der Waals surface area contributed by atoms with Gasteiger partial charge in [0.15, 0.2) is 0 Å². The highest BCUT2D eigenvalue weighted by Gasteiger charge is 2.15. The first kappa shape index (κ1) is 17.8. The molecule has 0 unspecified atom stereocenters. The van der Waals surface area contributed by atoms with Gasteiger partial charge >= 0.3 is 6.03 Å².